The first kappa shape index (κ1) is 11.7. The average Bonchev–Trinajstić information content (AvgIpc) is 2.84. The van der Waals surface area contributed by atoms with Gasteiger partial charge in [-0.1, -0.05) is 12.1 Å². The normalized spacial score (nSPS) is 31.3. The zero-order valence-corrected chi connectivity index (χ0v) is 10.7. The second-order valence-corrected chi connectivity index (χ2v) is 6.39. The van der Waals surface area contributed by atoms with Crippen LogP contribution >= 0.6 is 0 Å². The lowest BCUT2D eigenvalue weighted by Gasteiger charge is -2.11. The Morgan fingerprint density at radius 2 is 2.06 bits per heavy atom. The predicted octanol–water partition coefficient (Wildman–Crippen LogP) is 0.605. The molecule has 1 aromatic carbocycles. The summed E-state index contributed by atoms with van der Waals surface area (Å²) in [4.78, 5) is 4.80. The molecule has 0 amide bonds. The predicted molar refractivity (Wildman–Crippen MR) is 68.9 cm³/mol. The Balaban J connectivity index is 2.04. The van der Waals surface area contributed by atoms with Crippen LogP contribution in [-0.2, 0) is 10.0 Å². The zero-order chi connectivity index (χ0) is 12.8. The third-order valence-corrected chi connectivity index (χ3v) is 4.89. The molecule has 0 spiro atoms. The molecule has 0 bridgehead atoms. The van der Waals surface area contributed by atoms with Crippen molar-refractivity contribution < 1.29 is 8.42 Å². The van der Waals surface area contributed by atoms with Gasteiger partial charge in [0.05, 0.1) is 10.9 Å². The smallest absolute Gasteiger partial charge is 0.263 e. The summed E-state index contributed by atoms with van der Waals surface area (Å²) in [5, 5.41) is 0. The van der Waals surface area contributed by atoms with E-state index >= 15 is 0 Å². The van der Waals surface area contributed by atoms with Crippen LogP contribution in [0.4, 0.5) is 0 Å². The largest absolute Gasteiger partial charge is 0.326 e. The third kappa shape index (κ3) is 1.81. The van der Waals surface area contributed by atoms with E-state index in [0.29, 0.717) is 16.3 Å². The highest BCUT2D eigenvalue weighted by molar-refractivity contribution is 7.90. The minimum absolute atomic E-state index is 0.0221. The van der Waals surface area contributed by atoms with Crippen molar-refractivity contribution in [2.24, 2.45) is 10.7 Å². The van der Waals surface area contributed by atoms with Crippen molar-refractivity contribution in [1.29, 1.82) is 0 Å². The molecular formula is C12H15N3O2S. The molecule has 0 aromatic heterocycles. The minimum Gasteiger partial charge on any atom is -0.326 e. The van der Waals surface area contributed by atoms with Crippen molar-refractivity contribution in [2.75, 3.05) is 0 Å². The summed E-state index contributed by atoms with van der Waals surface area (Å²) in [5.41, 5.74) is 6.61. The number of benzene rings is 1. The van der Waals surface area contributed by atoms with Gasteiger partial charge in [0.2, 0.25) is 0 Å². The van der Waals surface area contributed by atoms with Crippen molar-refractivity contribution in [3.05, 3.63) is 29.8 Å². The van der Waals surface area contributed by atoms with Crippen molar-refractivity contribution in [2.45, 2.75) is 36.2 Å². The molecule has 2 atom stereocenters. The van der Waals surface area contributed by atoms with Crippen molar-refractivity contribution >= 4 is 15.9 Å². The summed E-state index contributed by atoms with van der Waals surface area (Å²) >= 11 is 0. The molecule has 1 aromatic rings. The van der Waals surface area contributed by atoms with Gasteiger partial charge >= 0.3 is 0 Å². The second-order valence-electron chi connectivity index (χ2n) is 4.74. The highest BCUT2D eigenvalue weighted by Crippen LogP contribution is 2.25. The Kier molecular flexibility index (Phi) is 2.64. The lowest BCUT2D eigenvalue weighted by atomic mass is 10.1. The maximum Gasteiger partial charge on any atom is 0.263 e. The minimum atomic E-state index is -3.44. The van der Waals surface area contributed by atoms with Crippen LogP contribution < -0.4 is 10.5 Å². The van der Waals surface area contributed by atoms with Gasteiger partial charge in [-0.25, -0.2) is 8.42 Å². The van der Waals surface area contributed by atoms with Crippen molar-refractivity contribution in [1.82, 2.24) is 4.72 Å². The quantitative estimate of drug-likeness (QED) is 0.780. The van der Waals surface area contributed by atoms with Crippen LogP contribution in [0.1, 0.15) is 24.8 Å². The van der Waals surface area contributed by atoms with E-state index in [1.165, 1.54) is 0 Å². The van der Waals surface area contributed by atoms with Gasteiger partial charge in [0, 0.05) is 11.6 Å². The van der Waals surface area contributed by atoms with Crippen LogP contribution in [0.3, 0.4) is 0 Å². The Bertz CT molecular complexity index is 610. The number of hydrogen-bond donors (Lipinski definition) is 2. The number of fused-ring (bicyclic) bond motifs is 1. The molecule has 2 unspecified atom stereocenters. The molecule has 3 N–H and O–H groups in total. The van der Waals surface area contributed by atoms with Gasteiger partial charge in [-0.3, -0.25) is 9.71 Å². The molecule has 1 aliphatic carbocycles. The van der Waals surface area contributed by atoms with E-state index in [0.717, 1.165) is 19.3 Å². The highest BCUT2D eigenvalue weighted by atomic mass is 32.2. The molecule has 18 heavy (non-hydrogen) atoms. The van der Waals surface area contributed by atoms with E-state index in [-0.39, 0.29) is 12.1 Å². The summed E-state index contributed by atoms with van der Waals surface area (Å²) in [5.74, 6) is 0.438. The molecule has 3 rings (SSSR count). The Morgan fingerprint density at radius 3 is 2.78 bits per heavy atom. The highest BCUT2D eigenvalue weighted by Gasteiger charge is 2.32. The van der Waals surface area contributed by atoms with Gasteiger partial charge in [-0.05, 0) is 31.4 Å². The van der Waals surface area contributed by atoms with Crippen LogP contribution in [-0.4, -0.2) is 26.3 Å². The number of amidine groups is 1. The molecule has 1 saturated carbocycles. The van der Waals surface area contributed by atoms with E-state index in [1.54, 1.807) is 18.2 Å². The Labute approximate surface area is 106 Å². The molecular weight excluding hydrogens is 250 g/mol. The van der Waals surface area contributed by atoms with Gasteiger partial charge in [0.25, 0.3) is 10.0 Å². The van der Waals surface area contributed by atoms with Crippen molar-refractivity contribution in [3.8, 4) is 0 Å². The van der Waals surface area contributed by atoms with E-state index in [1.807, 2.05) is 6.07 Å². The molecule has 1 aliphatic heterocycles. The molecule has 5 nitrogen and oxygen atoms in total. The maximum absolute atomic E-state index is 11.9. The summed E-state index contributed by atoms with van der Waals surface area (Å²) in [6.07, 6.45) is 2.93. The molecule has 6 heteroatoms. The lowest BCUT2D eigenvalue weighted by molar-refractivity contribution is 0.593. The first-order chi connectivity index (χ1) is 8.58. The summed E-state index contributed by atoms with van der Waals surface area (Å²) < 4.78 is 26.3. The maximum atomic E-state index is 11.9. The number of nitrogens with one attached hydrogen (secondary N) is 1. The number of aliphatic imine (C=N–C) groups is 1. The molecule has 0 radical (unpaired) electrons. The van der Waals surface area contributed by atoms with Crippen LogP contribution in [0.15, 0.2) is 34.2 Å². The molecule has 2 aliphatic rings. The SMILES string of the molecule is NC1CCCC1N=C1NS(=O)(=O)c2ccccc21. The molecule has 1 fully saturated rings. The number of hydrogen-bond acceptors (Lipinski definition) is 4. The number of nitrogens with zero attached hydrogens (tertiary/aromatic N) is 1. The van der Waals surface area contributed by atoms with E-state index in [4.69, 9.17) is 5.73 Å². The van der Waals surface area contributed by atoms with Gasteiger partial charge in [0.1, 0.15) is 5.84 Å². The van der Waals surface area contributed by atoms with Gasteiger partial charge in [-0.2, -0.15) is 0 Å². The zero-order valence-electron chi connectivity index (χ0n) is 9.83. The fourth-order valence-corrected chi connectivity index (χ4v) is 3.76. The van der Waals surface area contributed by atoms with E-state index in [9.17, 15) is 8.42 Å². The molecule has 96 valence electrons. The molecule has 0 saturated heterocycles. The first-order valence-corrected chi connectivity index (χ1v) is 7.52. The Morgan fingerprint density at radius 1 is 1.28 bits per heavy atom. The first-order valence-electron chi connectivity index (χ1n) is 6.03. The molecule has 1 heterocycles. The van der Waals surface area contributed by atoms with Gasteiger partial charge < -0.3 is 5.73 Å². The summed E-state index contributed by atoms with van der Waals surface area (Å²) in [7, 11) is -3.44. The number of nitrogens with two attached hydrogens (primary N) is 1. The number of rotatable bonds is 1. The van der Waals surface area contributed by atoms with Crippen molar-refractivity contribution in [3.63, 3.8) is 0 Å². The second kappa shape index (κ2) is 4.07. The fraction of sp³-hybridized carbons (Fsp3) is 0.417. The third-order valence-electron chi connectivity index (χ3n) is 3.49. The van der Waals surface area contributed by atoms with Crippen LogP contribution in [0.25, 0.3) is 0 Å². The van der Waals surface area contributed by atoms with Crippen LogP contribution in [0, 0.1) is 0 Å². The van der Waals surface area contributed by atoms with Gasteiger partial charge in [0.15, 0.2) is 0 Å². The monoisotopic (exact) mass is 265 g/mol. The van der Waals surface area contributed by atoms with Gasteiger partial charge in [-0.15, -0.1) is 0 Å². The fourth-order valence-electron chi connectivity index (χ4n) is 2.52. The number of sulfonamides is 1. The average molecular weight is 265 g/mol. The topological polar surface area (TPSA) is 84.5 Å². The van der Waals surface area contributed by atoms with E-state index < -0.39 is 10.0 Å². The summed E-state index contributed by atoms with van der Waals surface area (Å²) in [6, 6.07) is 6.94. The lowest BCUT2D eigenvalue weighted by Crippen LogP contribution is -2.31. The Hall–Kier alpha value is -1.40. The van der Waals surface area contributed by atoms with Crippen LogP contribution in [0.2, 0.25) is 0 Å². The summed E-state index contributed by atoms with van der Waals surface area (Å²) in [6.45, 7) is 0. The van der Waals surface area contributed by atoms with E-state index in [2.05, 4.69) is 9.71 Å². The standard InChI is InChI=1S/C12H15N3O2S/c13-9-5-3-6-10(9)14-12-8-4-1-2-7-11(8)18(16,17)15-12/h1-2,4,7,9-10H,3,5-6,13H2,(H,14,15). The van der Waals surface area contributed by atoms with Crippen LogP contribution in [0.5, 0.6) is 0 Å².